The summed E-state index contributed by atoms with van der Waals surface area (Å²) in [6, 6.07) is 10.1. The van der Waals surface area contributed by atoms with E-state index in [9.17, 15) is 13.2 Å². The Labute approximate surface area is 187 Å². The maximum absolute atomic E-state index is 13.1. The number of hydrogen-bond acceptors (Lipinski definition) is 6. The predicted octanol–water partition coefficient (Wildman–Crippen LogP) is 3.29. The number of nitrogens with one attached hydrogen (secondary N) is 1. The highest BCUT2D eigenvalue weighted by Crippen LogP contribution is 2.32. The minimum atomic E-state index is -3.70. The van der Waals surface area contributed by atoms with Crippen molar-refractivity contribution in [2.75, 3.05) is 38.2 Å². The summed E-state index contributed by atoms with van der Waals surface area (Å²) >= 11 is 0. The Morgan fingerprint density at radius 2 is 1.84 bits per heavy atom. The molecular weight excluding hydrogens is 432 g/mol. The van der Waals surface area contributed by atoms with Gasteiger partial charge in [-0.05, 0) is 61.7 Å². The fraction of sp³-hybridized carbons (Fsp3) is 0.348. The molecule has 0 aromatic heterocycles. The van der Waals surface area contributed by atoms with Crippen molar-refractivity contribution in [2.45, 2.75) is 24.7 Å². The Kier molecular flexibility index (Phi) is 6.66. The maximum atomic E-state index is 13.1. The van der Waals surface area contributed by atoms with Gasteiger partial charge in [0, 0.05) is 24.9 Å². The molecule has 1 amide bonds. The van der Waals surface area contributed by atoms with Crippen molar-refractivity contribution in [3.63, 3.8) is 0 Å². The zero-order chi connectivity index (χ0) is 22.6. The van der Waals surface area contributed by atoms with Crippen LogP contribution in [0.1, 0.15) is 25.3 Å². The van der Waals surface area contributed by atoms with Gasteiger partial charge in [0.2, 0.25) is 15.9 Å². The number of nitrogens with zero attached hydrogens (tertiary/aromatic N) is 1. The monoisotopic (exact) mass is 458 g/mol. The molecule has 2 heterocycles. The highest BCUT2D eigenvalue weighted by atomic mass is 32.2. The largest absolute Gasteiger partial charge is 0.492 e. The van der Waals surface area contributed by atoms with Crippen molar-refractivity contribution in [1.82, 2.24) is 4.31 Å². The SMILES string of the molecule is CCOc1ccc(NC(=O)C=Cc2ccc3c(c2)OCCO3)cc1S(=O)(=O)N1CCCC1. The second-order valence-corrected chi connectivity index (χ2v) is 9.34. The summed E-state index contributed by atoms with van der Waals surface area (Å²) in [5.41, 5.74) is 1.16. The number of benzene rings is 2. The number of carbonyl (C=O) groups is 1. The molecule has 0 saturated carbocycles. The van der Waals surface area contributed by atoms with E-state index < -0.39 is 10.0 Å². The van der Waals surface area contributed by atoms with Gasteiger partial charge in [-0.1, -0.05) is 6.07 Å². The fourth-order valence-electron chi connectivity index (χ4n) is 3.65. The van der Waals surface area contributed by atoms with Gasteiger partial charge in [0.1, 0.15) is 23.9 Å². The van der Waals surface area contributed by atoms with Crippen molar-refractivity contribution in [1.29, 1.82) is 0 Å². The van der Waals surface area contributed by atoms with E-state index in [1.807, 2.05) is 6.07 Å². The molecular formula is C23H26N2O6S. The molecule has 0 radical (unpaired) electrons. The summed E-state index contributed by atoms with van der Waals surface area (Å²) in [6.07, 6.45) is 4.72. The predicted molar refractivity (Wildman–Crippen MR) is 121 cm³/mol. The first-order chi connectivity index (χ1) is 15.5. The molecule has 170 valence electrons. The third-order valence-corrected chi connectivity index (χ3v) is 7.11. The average molecular weight is 459 g/mol. The molecule has 1 N–H and O–H groups in total. The number of carbonyl (C=O) groups excluding carboxylic acids is 1. The van der Waals surface area contributed by atoms with E-state index in [-0.39, 0.29) is 16.6 Å². The van der Waals surface area contributed by atoms with E-state index in [2.05, 4.69) is 5.32 Å². The van der Waals surface area contributed by atoms with Crippen LogP contribution >= 0.6 is 0 Å². The Balaban J connectivity index is 1.51. The number of fused-ring (bicyclic) bond motifs is 1. The van der Waals surface area contributed by atoms with Crippen LogP contribution in [0.2, 0.25) is 0 Å². The van der Waals surface area contributed by atoms with E-state index in [1.54, 1.807) is 37.3 Å². The minimum absolute atomic E-state index is 0.0647. The zero-order valence-electron chi connectivity index (χ0n) is 17.9. The van der Waals surface area contributed by atoms with Gasteiger partial charge in [-0.3, -0.25) is 4.79 Å². The molecule has 9 heteroatoms. The van der Waals surface area contributed by atoms with Crippen LogP contribution in [0, 0.1) is 0 Å². The third kappa shape index (κ3) is 4.89. The van der Waals surface area contributed by atoms with Crippen molar-refractivity contribution in [3.05, 3.63) is 48.0 Å². The van der Waals surface area contributed by atoms with Gasteiger partial charge in [-0.25, -0.2) is 8.42 Å². The molecule has 0 atom stereocenters. The van der Waals surface area contributed by atoms with Crippen LogP contribution in [0.15, 0.2) is 47.4 Å². The normalized spacial score (nSPS) is 16.3. The van der Waals surface area contributed by atoms with Gasteiger partial charge in [0.05, 0.1) is 6.61 Å². The van der Waals surface area contributed by atoms with Crippen LogP contribution in [-0.4, -0.2) is 51.5 Å². The molecule has 2 aliphatic heterocycles. The smallest absolute Gasteiger partial charge is 0.248 e. The van der Waals surface area contributed by atoms with Crippen LogP contribution in [0.5, 0.6) is 17.2 Å². The number of rotatable bonds is 7. The Bertz CT molecular complexity index is 1120. The lowest BCUT2D eigenvalue weighted by Gasteiger charge is -2.19. The average Bonchev–Trinajstić information content (AvgIpc) is 3.35. The summed E-state index contributed by atoms with van der Waals surface area (Å²) in [5.74, 6) is 1.22. The van der Waals surface area contributed by atoms with Crippen LogP contribution in [0.3, 0.4) is 0 Å². The van der Waals surface area contributed by atoms with Gasteiger partial charge in [-0.2, -0.15) is 4.31 Å². The van der Waals surface area contributed by atoms with Crippen molar-refractivity contribution in [2.24, 2.45) is 0 Å². The molecule has 0 bridgehead atoms. The van der Waals surface area contributed by atoms with Crippen LogP contribution < -0.4 is 19.5 Å². The van der Waals surface area contributed by atoms with Gasteiger partial charge in [0.15, 0.2) is 11.5 Å². The van der Waals surface area contributed by atoms with Crippen LogP contribution in [-0.2, 0) is 14.8 Å². The van der Waals surface area contributed by atoms with E-state index in [4.69, 9.17) is 14.2 Å². The van der Waals surface area contributed by atoms with Gasteiger partial charge in [0.25, 0.3) is 0 Å². The number of hydrogen-bond donors (Lipinski definition) is 1. The summed E-state index contributed by atoms with van der Waals surface area (Å²) < 4.78 is 44.2. The van der Waals surface area contributed by atoms with Crippen molar-refractivity contribution >= 4 is 27.7 Å². The molecule has 2 aromatic rings. The van der Waals surface area contributed by atoms with E-state index >= 15 is 0 Å². The first-order valence-corrected chi connectivity index (χ1v) is 12.1. The topological polar surface area (TPSA) is 94.2 Å². The van der Waals surface area contributed by atoms with Crippen LogP contribution in [0.25, 0.3) is 6.08 Å². The maximum Gasteiger partial charge on any atom is 0.248 e. The fourth-order valence-corrected chi connectivity index (χ4v) is 5.32. The van der Waals surface area contributed by atoms with E-state index in [0.29, 0.717) is 50.1 Å². The third-order valence-electron chi connectivity index (χ3n) is 5.19. The number of sulfonamides is 1. The lowest BCUT2D eigenvalue weighted by molar-refractivity contribution is -0.111. The first kappa shape index (κ1) is 22.2. The quantitative estimate of drug-likeness (QED) is 0.640. The minimum Gasteiger partial charge on any atom is -0.492 e. The standard InChI is InChI=1S/C23H26N2O6S/c1-2-29-20-9-7-18(16-22(20)32(27,28)25-11-3-4-12-25)24-23(26)10-6-17-5-8-19-21(15-17)31-14-13-30-19/h5-10,15-16H,2-4,11-14H2,1H3,(H,24,26). The lowest BCUT2D eigenvalue weighted by atomic mass is 10.2. The number of amides is 1. The van der Waals surface area contributed by atoms with Crippen molar-refractivity contribution in [3.8, 4) is 17.2 Å². The Hall–Kier alpha value is -3.04. The molecule has 0 spiro atoms. The summed E-state index contributed by atoms with van der Waals surface area (Å²) in [4.78, 5) is 12.5. The van der Waals surface area contributed by atoms with Gasteiger partial charge < -0.3 is 19.5 Å². The van der Waals surface area contributed by atoms with Gasteiger partial charge in [-0.15, -0.1) is 0 Å². The Morgan fingerprint density at radius 1 is 1.09 bits per heavy atom. The molecule has 0 unspecified atom stereocenters. The number of ether oxygens (including phenoxy) is 3. The summed E-state index contributed by atoms with van der Waals surface area (Å²) in [7, 11) is -3.70. The molecule has 1 saturated heterocycles. The lowest BCUT2D eigenvalue weighted by Crippen LogP contribution is -2.28. The molecule has 2 aromatic carbocycles. The van der Waals surface area contributed by atoms with Crippen molar-refractivity contribution < 1.29 is 27.4 Å². The molecule has 4 rings (SSSR count). The summed E-state index contributed by atoms with van der Waals surface area (Å²) in [5, 5.41) is 2.73. The molecule has 32 heavy (non-hydrogen) atoms. The Morgan fingerprint density at radius 3 is 2.59 bits per heavy atom. The molecule has 2 aliphatic rings. The van der Waals surface area contributed by atoms with Gasteiger partial charge >= 0.3 is 0 Å². The summed E-state index contributed by atoms with van der Waals surface area (Å²) in [6.45, 7) is 4.12. The number of anilines is 1. The molecule has 8 nitrogen and oxygen atoms in total. The molecule has 1 fully saturated rings. The first-order valence-electron chi connectivity index (χ1n) is 10.6. The van der Waals surface area contributed by atoms with Crippen LogP contribution in [0.4, 0.5) is 5.69 Å². The van der Waals surface area contributed by atoms with E-state index in [1.165, 1.54) is 16.4 Å². The zero-order valence-corrected chi connectivity index (χ0v) is 18.7. The highest BCUT2D eigenvalue weighted by molar-refractivity contribution is 7.89. The highest BCUT2D eigenvalue weighted by Gasteiger charge is 2.30. The second kappa shape index (κ2) is 9.62. The van der Waals surface area contributed by atoms with E-state index in [0.717, 1.165) is 18.4 Å². The molecule has 0 aliphatic carbocycles. The second-order valence-electron chi connectivity index (χ2n) is 7.43.